The second kappa shape index (κ2) is 6.74. The lowest BCUT2D eigenvalue weighted by atomic mass is 9.90. The van der Waals surface area contributed by atoms with Crippen molar-refractivity contribution in [2.24, 2.45) is 5.92 Å². The first kappa shape index (κ1) is 16.9. The molecule has 2 saturated heterocycles. The molecule has 1 aromatic carbocycles. The van der Waals surface area contributed by atoms with Gasteiger partial charge in [-0.3, -0.25) is 9.69 Å². The summed E-state index contributed by atoms with van der Waals surface area (Å²) in [4.78, 5) is 13.6. The van der Waals surface area contributed by atoms with Crippen LogP contribution in [0.2, 0.25) is 10.0 Å². The van der Waals surface area contributed by atoms with Gasteiger partial charge in [0, 0.05) is 18.6 Å². The largest absolute Gasteiger partial charge is 0.481 e. The Morgan fingerprint density at radius 3 is 2.33 bits per heavy atom. The molecule has 0 aromatic heterocycles. The Kier molecular flexibility index (Phi) is 5.42. The summed E-state index contributed by atoms with van der Waals surface area (Å²) < 4.78 is 0. The molecule has 2 aliphatic heterocycles. The normalized spacial score (nSPS) is 28.2. The van der Waals surface area contributed by atoms with Crippen LogP contribution in [0.4, 0.5) is 0 Å². The maximum Gasteiger partial charge on any atom is 0.306 e. The molecule has 0 aliphatic carbocycles. The molecular weight excluding hydrogens is 333 g/mol. The van der Waals surface area contributed by atoms with E-state index in [0.717, 1.165) is 37.8 Å². The number of fused-ring (bicyclic) bond motifs is 2. The van der Waals surface area contributed by atoms with Crippen LogP contribution in [0.3, 0.4) is 0 Å². The fourth-order valence-electron chi connectivity index (χ4n) is 3.58. The zero-order chi connectivity index (χ0) is 14.3. The van der Waals surface area contributed by atoms with Gasteiger partial charge in [-0.25, -0.2) is 0 Å². The first-order valence-corrected chi connectivity index (χ1v) is 7.72. The summed E-state index contributed by atoms with van der Waals surface area (Å²) in [5, 5.41) is 10.3. The van der Waals surface area contributed by atoms with E-state index in [2.05, 4.69) is 4.90 Å². The summed E-state index contributed by atoms with van der Waals surface area (Å²) in [7, 11) is 0. The van der Waals surface area contributed by atoms with Crippen LogP contribution in [0.1, 0.15) is 31.2 Å². The van der Waals surface area contributed by atoms with E-state index in [4.69, 9.17) is 23.2 Å². The second-order valence-corrected chi connectivity index (χ2v) is 6.63. The maximum atomic E-state index is 11.2. The van der Waals surface area contributed by atoms with Crippen molar-refractivity contribution in [3.05, 3.63) is 33.8 Å². The zero-order valence-electron chi connectivity index (χ0n) is 11.5. The van der Waals surface area contributed by atoms with Gasteiger partial charge in [0.25, 0.3) is 0 Å². The fraction of sp³-hybridized carbons (Fsp3) is 0.533. The molecule has 2 unspecified atom stereocenters. The van der Waals surface area contributed by atoms with Crippen LogP contribution in [-0.4, -0.2) is 28.1 Å². The van der Waals surface area contributed by atoms with Crippen LogP contribution in [-0.2, 0) is 11.3 Å². The molecule has 6 heteroatoms. The van der Waals surface area contributed by atoms with E-state index < -0.39 is 5.97 Å². The minimum absolute atomic E-state index is 0. The summed E-state index contributed by atoms with van der Waals surface area (Å²) in [5.41, 5.74) is 1.14. The Morgan fingerprint density at radius 2 is 1.81 bits per heavy atom. The van der Waals surface area contributed by atoms with Crippen molar-refractivity contribution in [2.45, 2.75) is 44.3 Å². The van der Waals surface area contributed by atoms with Crippen molar-refractivity contribution in [3.63, 3.8) is 0 Å². The number of hydrogen-bond donors (Lipinski definition) is 1. The van der Waals surface area contributed by atoms with Crippen molar-refractivity contribution in [1.82, 2.24) is 4.90 Å². The average Bonchev–Trinajstić information content (AvgIpc) is 2.64. The SMILES string of the molecule is Cl.O=C(O)C1CC2CCC(C1)N2Cc1ccc(Cl)c(Cl)c1. The van der Waals surface area contributed by atoms with Crippen LogP contribution >= 0.6 is 35.6 Å². The first-order valence-electron chi connectivity index (χ1n) is 6.97. The molecule has 3 rings (SSSR count). The van der Waals surface area contributed by atoms with Gasteiger partial charge >= 0.3 is 5.97 Å². The molecule has 1 N–H and O–H groups in total. The number of halogens is 3. The quantitative estimate of drug-likeness (QED) is 0.886. The van der Waals surface area contributed by atoms with Gasteiger partial charge in [0.15, 0.2) is 0 Å². The van der Waals surface area contributed by atoms with Crippen LogP contribution in [0.5, 0.6) is 0 Å². The second-order valence-electron chi connectivity index (χ2n) is 5.81. The van der Waals surface area contributed by atoms with Gasteiger partial charge in [0.1, 0.15) is 0 Å². The van der Waals surface area contributed by atoms with E-state index in [-0.39, 0.29) is 18.3 Å². The van der Waals surface area contributed by atoms with Gasteiger partial charge < -0.3 is 5.11 Å². The molecule has 0 amide bonds. The number of aliphatic carboxylic acids is 1. The number of rotatable bonds is 3. The lowest BCUT2D eigenvalue weighted by Crippen LogP contribution is -2.44. The number of carbonyl (C=O) groups is 1. The van der Waals surface area contributed by atoms with Crippen LogP contribution in [0.15, 0.2) is 18.2 Å². The van der Waals surface area contributed by atoms with E-state index in [1.165, 1.54) is 0 Å². The monoisotopic (exact) mass is 349 g/mol. The van der Waals surface area contributed by atoms with E-state index in [1.54, 1.807) is 0 Å². The van der Waals surface area contributed by atoms with E-state index in [1.807, 2.05) is 18.2 Å². The molecule has 2 fully saturated rings. The van der Waals surface area contributed by atoms with Crippen LogP contribution < -0.4 is 0 Å². The third-order valence-corrected chi connectivity index (χ3v) is 5.32. The Labute approximate surface area is 140 Å². The summed E-state index contributed by atoms with van der Waals surface area (Å²) in [6.07, 6.45) is 3.76. The Hall–Kier alpha value is -0.480. The van der Waals surface area contributed by atoms with Gasteiger partial charge in [0.05, 0.1) is 16.0 Å². The number of nitrogens with zero attached hydrogens (tertiary/aromatic N) is 1. The number of carboxylic acid groups (broad SMARTS) is 1. The molecule has 0 saturated carbocycles. The lowest BCUT2D eigenvalue weighted by Gasteiger charge is -2.37. The number of piperidine rings is 1. The minimum atomic E-state index is -0.643. The van der Waals surface area contributed by atoms with Gasteiger partial charge in [-0.05, 0) is 43.4 Å². The minimum Gasteiger partial charge on any atom is -0.481 e. The van der Waals surface area contributed by atoms with E-state index in [9.17, 15) is 9.90 Å². The molecule has 2 aliphatic rings. The Morgan fingerprint density at radius 1 is 1.19 bits per heavy atom. The predicted molar refractivity (Wildman–Crippen MR) is 86.4 cm³/mol. The summed E-state index contributed by atoms with van der Waals surface area (Å²) in [6.45, 7) is 0.832. The van der Waals surface area contributed by atoms with E-state index in [0.29, 0.717) is 22.1 Å². The highest BCUT2D eigenvalue weighted by atomic mass is 35.5. The number of benzene rings is 1. The highest BCUT2D eigenvalue weighted by molar-refractivity contribution is 6.42. The van der Waals surface area contributed by atoms with Crippen molar-refractivity contribution < 1.29 is 9.90 Å². The third-order valence-electron chi connectivity index (χ3n) is 4.58. The van der Waals surface area contributed by atoms with Crippen molar-refractivity contribution in [3.8, 4) is 0 Å². The standard InChI is InChI=1S/C15H17Cl2NO2.ClH/c16-13-4-1-9(5-14(13)17)8-18-11-2-3-12(18)7-10(6-11)15(19)20;/h1,4-5,10-12H,2-3,6-8H2,(H,19,20);1H. The van der Waals surface area contributed by atoms with E-state index >= 15 is 0 Å². The van der Waals surface area contributed by atoms with Crippen LogP contribution in [0.25, 0.3) is 0 Å². The highest BCUT2D eigenvalue weighted by Gasteiger charge is 2.42. The Balaban J connectivity index is 0.00000161. The van der Waals surface area contributed by atoms with Crippen molar-refractivity contribution >= 4 is 41.6 Å². The molecule has 1 aromatic rings. The average molecular weight is 351 g/mol. The first-order chi connectivity index (χ1) is 9.54. The Bertz CT molecular complexity index is 524. The van der Waals surface area contributed by atoms with Crippen molar-refractivity contribution in [1.29, 1.82) is 0 Å². The molecule has 116 valence electrons. The summed E-state index contributed by atoms with van der Waals surface area (Å²) in [6, 6.07) is 6.52. The molecule has 2 heterocycles. The van der Waals surface area contributed by atoms with Crippen LogP contribution in [0, 0.1) is 5.92 Å². The highest BCUT2D eigenvalue weighted by Crippen LogP contribution is 2.40. The number of carboxylic acids is 1. The van der Waals surface area contributed by atoms with Gasteiger partial charge in [-0.15, -0.1) is 12.4 Å². The molecule has 0 radical (unpaired) electrons. The molecule has 21 heavy (non-hydrogen) atoms. The topological polar surface area (TPSA) is 40.5 Å². The van der Waals surface area contributed by atoms with Gasteiger partial charge in [0.2, 0.25) is 0 Å². The number of hydrogen-bond acceptors (Lipinski definition) is 2. The predicted octanol–water partition coefficient (Wildman–Crippen LogP) is 4.24. The maximum absolute atomic E-state index is 11.2. The molecule has 2 atom stereocenters. The molecular formula is C15H18Cl3NO2. The lowest BCUT2D eigenvalue weighted by molar-refractivity contribution is -0.144. The molecule has 3 nitrogen and oxygen atoms in total. The smallest absolute Gasteiger partial charge is 0.306 e. The third kappa shape index (κ3) is 3.48. The molecule has 2 bridgehead atoms. The fourth-order valence-corrected chi connectivity index (χ4v) is 3.90. The molecule has 0 spiro atoms. The summed E-state index contributed by atoms with van der Waals surface area (Å²) in [5.74, 6) is -0.811. The van der Waals surface area contributed by atoms with Gasteiger partial charge in [-0.1, -0.05) is 29.3 Å². The van der Waals surface area contributed by atoms with Crippen molar-refractivity contribution in [2.75, 3.05) is 0 Å². The van der Waals surface area contributed by atoms with Gasteiger partial charge in [-0.2, -0.15) is 0 Å². The zero-order valence-corrected chi connectivity index (χ0v) is 13.8. The summed E-state index contributed by atoms with van der Waals surface area (Å²) >= 11 is 12.0.